The summed E-state index contributed by atoms with van der Waals surface area (Å²) in [6.07, 6.45) is 0. The van der Waals surface area contributed by atoms with Gasteiger partial charge in [0.15, 0.2) is 0 Å². The molecule has 0 amide bonds. The Morgan fingerprint density at radius 1 is 1.11 bits per heavy atom. The van der Waals surface area contributed by atoms with Gasteiger partial charge < -0.3 is 14.5 Å². The first-order valence-electron chi connectivity index (χ1n) is 5.44. The number of nitro benzene ring substituents is 1. The highest BCUT2D eigenvalue weighted by atomic mass is 16.6. The number of nitro groups is 1. The molecule has 2 rings (SSSR count). The molecule has 0 aliphatic rings. The van der Waals surface area contributed by atoms with Crippen molar-refractivity contribution >= 4 is 22.4 Å². The first-order valence-corrected chi connectivity index (χ1v) is 5.44. The van der Waals surface area contributed by atoms with Crippen LogP contribution in [-0.4, -0.2) is 21.1 Å². The van der Waals surface area contributed by atoms with E-state index in [1.165, 1.54) is 30.8 Å². The SMILES string of the molecule is CNc1cc2c(cc1[N+](=O)[O-])n(C)c(=O)c(=O)n2C. The standard InChI is InChI=1S/C11H12N4O4/c1-12-6-4-8-9(5-7(6)15(18)19)14(3)11(17)10(16)13(8)2/h4-5,12H,1-3H3. The number of nitrogens with one attached hydrogen (secondary N) is 1. The average molecular weight is 264 g/mol. The topological polar surface area (TPSA) is 99.2 Å². The van der Waals surface area contributed by atoms with E-state index < -0.39 is 16.0 Å². The van der Waals surface area contributed by atoms with E-state index in [9.17, 15) is 19.7 Å². The van der Waals surface area contributed by atoms with Gasteiger partial charge in [0.05, 0.1) is 16.0 Å². The second kappa shape index (κ2) is 4.23. The molecule has 2 aromatic rings. The maximum Gasteiger partial charge on any atom is 0.316 e. The van der Waals surface area contributed by atoms with Gasteiger partial charge in [-0.3, -0.25) is 19.7 Å². The summed E-state index contributed by atoms with van der Waals surface area (Å²) < 4.78 is 2.30. The van der Waals surface area contributed by atoms with Crippen molar-refractivity contribution in [2.75, 3.05) is 12.4 Å². The summed E-state index contributed by atoms with van der Waals surface area (Å²) in [5.41, 5.74) is -0.484. The quantitative estimate of drug-likeness (QED) is 0.474. The molecule has 0 fully saturated rings. The van der Waals surface area contributed by atoms with Crippen LogP contribution in [0.1, 0.15) is 0 Å². The predicted octanol–water partition coefficient (Wildman–Crippen LogP) is 0.187. The van der Waals surface area contributed by atoms with Crippen molar-refractivity contribution in [3.63, 3.8) is 0 Å². The summed E-state index contributed by atoms with van der Waals surface area (Å²) in [5, 5.41) is 13.7. The van der Waals surface area contributed by atoms with Crippen LogP contribution in [0.25, 0.3) is 11.0 Å². The molecule has 1 N–H and O–H groups in total. The highest BCUT2D eigenvalue weighted by molar-refractivity contribution is 5.85. The lowest BCUT2D eigenvalue weighted by Crippen LogP contribution is -2.39. The minimum atomic E-state index is -0.721. The molecule has 1 aromatic heterocycles. The van der Waals surface area contributed by atoms with Gasteiger partial charge in [-0.15, -0.1) is 0 Å². The fraction of sp³-hybridized carbons (Fsp3) is 0.273. The second-order valence-electron chi connectivity index (χ2n) is 4.09. The van der Waals surface area contributed by atoms with E-state index in [0.29, 0.717) is 11.0 Å². The molecule has 8 heteroatoms. The third-order valence-electron chi connectivity index (χ3n) is 3.07. The van der Waals surface area contributed by atoms with Crippen molar-refractivity contribution in [1.29, 1.82) is 0 Å². The van der Waals surface area contributed by atoms with Gasteiger partial charge in [0.1, 0.15) is 5.69 Å². The number of aromatic nitrogens is 2. The molecular formula is C11H12N4O4. The van der Waals surface area contributed by atoms with Crippen molar-refractivity contribution in [3.05, 3.63) is 43.0 Å². The third kappa shape index (κ3) is 1.77. The molecule has 0 bridgehead atoms. The molecule has 0 saturated heterocycles. The molecule has 0 aliphatic heterocycles. The van der Waals surface area contributed by atoms with Crippen molar-refractivity contribution in [1.82, 2.24) is 9.13 Å². The summed E-state index contributed by atoms with van der Waals surface area (Å²) in [6, 6.07) is 2.76. The summed E-state index contributed by atoms with van der Waals surface area (Å²) in [7, 11) is 4.42. The number of fused-ring (bicyclic) bond motifs is 1. The minimum Gasteiger partial charge on any atom is -0.383 e. The molecule has 0 unspecified atom stereocenters. The van der Waals surface area contributed by atoms with Crippen LogP contribution in [0.3, 0.4) is 0 Å². The number of aryl methyl sites for hydroxylation is 2. The van der Waals surface area contributed by atoms with Gasteiger partial charge >= 0.3 is 11.1 Å². The molecule has 1 aromatic carbocycles. The van der Waals surface area contributed by atoms with Crippen LogP contribution in [0, 0.1) is 10.1 Å². The number of rotatable bonds is 2. The summed E-state index contributed by atoms with van der Waals surface area (Å²) >= 11 is 0. The van der Waals surface area contributed by atoms with E-state index in [0.717, 1.165) is 4.57 Å². The van der Waals surface area contributed by atoms with E-state index >= 15 is 0 Å². The average Bonchev–Trinajstić information content (AvgIpc) is 2.41. The zero-order valence-electron chi connectivity index (χ0n) is 10.6. The smallest absolute Gasteiger partial charge is 0.316 e. The van der Waals surface area contributed by atoms with Gasteiger partial charge in [0.25, 0.3) is 5.69 Å². The van der Waals surface area contributed by atoms with Crippen molar-refractivity contribution in [3.8, 4) is 0 Å². The summed E-state index contributed by atoms with van der Waals surface area (Å²) in [5.74, 6) is 0. The Balaban J connectivity index is 3.06. The van der Waals surface area contributed by atoms with E-state index in [4.69, 9.17) is 0 Å². The normalized spacial score (nSPS) is 10.7. The van der Waals surface area contributed by atoms with E-state index in [2.05, 4.69) is 5.32 Å². The van der Waals surface area contributed by atoms with Crippen LogP contribution < -0.4 is 16.4 Å². The molecule has 0 aliphatic carbocycles. The highest BCUT2D eigenvalue weighted by Gasteiger charge is 2.18. The first-order chi connectivity index (χ1) is 8.88. The number of anilines is 1. The monoisotopic (exact) mass is 264 g/mol. The molecule has 1 heterocycles. The third-order valence-corrected chi connectivity index (χ3v) is 3.07. The fourth-order valence-electron chi connectivity index (χ4n) is 1.96. The predicted molar refractivity (Wildman–Crippen MR) is 70.6 cm³/mol. The Hall–Kier alpha value is -2.64. The van der Waals surface area contributed by atoms with Crippen molar-refractivity contribution in [2.45, 2.75) is 0 Å². The Morgan fingerprint density at radius 3 is 2.00 bits per heavy atom. The zero-order chi connectivity index (χ0) is 14.3. The highest BCUT2D eigenvalue weighted by Crippen LogP contribution is 2.28. The summed E-state index contributed by atoms with van der Waals surface area (Å²) in [6.45, 7) is 0. The molecule has 0 radical (unpaired) electrons. The molecule has 19 heavy (non-hydrogen) atoms. The van der Waals surface area contributed by atoms with Crippen LogP contribution in [0.5, 0.6) is 0 Å². The van der Waals surface area contributed by atoms with E-state index in [1.54, 1.807) is 7.05 Å². The van der Waals surface area contributed by atoms with Crippen LogP contribution in [-0.2, 0) is 14.1 Å². The minimum absolute atomic E-state index is 0.149. The van der Waals surface area contributed by atoms with Gasteiger partial charge in [0, 0.05) is 27.2 Å². The second-order valence-corrected chi connectivity index (χ2v) is 4.09. The number of hydrogen-bond donors (Lipinski definition) is 1. The maximum absolute atomic E-state index is 11.7. The van der Waals surface area contributed by atoms with Gasteiger partial charge in [-0.05, 0) is 6.07 Å². The summed E-state index contributed by atoms with van der Waals surface area (Å²) in [4.78, 5) is 33.8. The number of benzene rings is 1. The van der Waals surface area contributed by atoms with Crippen LogP contribution >= 0.6 is 0 Å². The molecular weight excluding hydrogens is 252 g/mol. The Kier molecular flexibility index (Phi) is 2.85. The lowest BCUT2D eigenvalue weighted by atomic mass is 10.2. The van der Waals surface area contributed by atoms with Crippen LogP contribution in [0.15, 0.2) is 21.7 Å². The zero-order valence-corrected chi connectivity index (χ0v) is 10.6. The molecule has 0 spiro atoms. The fourth-order valence-corrected chi connectivity index (χ4v) is 1.96. The van der Waals surface area contributed by atoms with Gasteiger partial charge in [-0.25, -0.2) is 0 Å². The maximum atomic E-state index is 11.7. The Bertz CT molecular complexity index is 803. The Labute approximate surface area is 107 Å². The molecule has 0 saturated carbocycles. The number of hydrogen-bond acceptors (Lipinski definition) is 5. The van der Waals surface area contributed by atoms with E-state index in [-0.39, 0.29) is 11.4 Å². The van der Waals surface area contributed by atoms with Crippen LogP contribution in [0.2, 0.25) is 0 Å². The van der Waals surface area contributed by atoms with Crippen molar-refractivity contribution in [2.24, 2.45) is 14.1 Å². The van der Waals surface area contributed by atoms with Gasteiger partial charge in [-0.1, -0.05) is 0 Å². The van der Waals surface area contributed by atoms with Crippen LogP contribution in [0.4, 0.5) is 11.4 Å². The first kappa shape index (κ1) is 12.8. The molecule has 100 valence electrons. The Morgan fingerprint density at radius 2 is 1.58 bits per heavy atom. The largest absolute Gasteiger partial charge is 0.383 e. The molecule has 8 nitrogen and oxygen atoms in total. The van der Waals surface area contributed by atoms with Crippen molar-refractivity contribution < 1.29 is 4.92 Å². The number of nitrogens with zero attached hydrogens (tertiary/aromatic N) is 3. The van der Waals surface area contributed by atoms with E-state index in [1.807, 2.05) is 0 Å². The van der Waals surface area contributed by atoms with Gasteiger partial charge in [-0.2, -0.15) is 0 Å². The lowest BCUT2D eigenvalue weighted by molar-refractivity contribution is -0.383. The lowest BCUT2D eigenvalue weighted by Gasteiger charge is -2.10. The van der Waals surface area contributed by atoms with Gasteiger partial charge in [0.2, 0.25) is 0 Å². The molecule has 0 atom stereocenters.